The van der Waals surface area contributed by atoms with E-state index in [1.54, 1.807) is 4.90 Å². The van der Waals surface area contributed by atoms with Crippen molar-refractivity contribution in [3.05, 3.63) is 0 Å². The monoisotopic (exact) mass is 354 g/mol. The van der Waals surface area contributed by atoms with E-state index < -0.39 is 9.84 Å². The summed E-state index contributed by atoms with van der Waals surface area (Å²) in [7, 11) is -2.83. The minimum Gasteiger partial charge on any atom is -0.393 e. The van der Waals surface area contributed by atoms with Crippen LogP contribution in [-0.2, 0) is 19.4 Å². The van der Waals surface area contributed by atoms with Crippen LogP contribution in [-0.4, -0.2) is 67.0 Å². The third kappa shape index (κ3) is 1.95. The number of aliphatic hydroxyl groups excluding tert-OH is 1. The van der Waals surface area contributed by atoms with Crippen LogP contribution in [0.5, 0.6) is 0 Å². The summed E-state index contributed by atoms with van der Waals surface area (Å²) in [4.78, 5) is 26.4. The van der Waals surface area contributed by atoms with Crippen molar-refractivity contribution in [3.63, 3.8) is 0 Å². The van der Waals surface area contributed by atoms with Crippen molar-refractivity contribution in [2.24, 2.45) is 22.7 Å². The number of nitrogens with zero attached hydrogens (tertiary/aromatic N) is 1. The Morgan fingerprint density at radius 2 is 1.75 bits per heavy atom. The van der Waals surface area contributed by atoms with Crippen molar-refractivity contribution in [2.45, 2.75) is 37.8 Å². The van der Waals surface area contributed by atoms with Crippen LogP contribution in [0.15, 0.2) is 0 Å². The highest BCUT2D eigenvalue weighted by Crippen LogP contribution is 2.67. The summed E-state index contributed by atoms with van der Waals surface area (Å²) in [6.07, 6.45) is 2.45. The van der Waals surface area contributed by atoms with Crippen molar-refractivity contribution in [1.29, 1.82) is 0 Å². The summed E-state index contributed by atoms with van der Waals surface area (Å²) in [5, 5.41) is 12.5. The lowest BCUT2D eigenvalue weighted by Crippen LogP contribution is -2.66. The second-order valence-electron chi connectivity index (χ2n) is 8.79. The standard InChI is InChI=1S/C16H22N2O5S/c19-12-4-16(3-11(12)16)14(21)17-10-5-18(6-10)13(20)9-1-15(2-9)7-24(22,23)8-15/h9-12,19H,1-8H2,(H,17,21)/t11-,12+,16-/m0/s1. The van der Waals surface area contributed by atoms with Crippen LogP contribution < -0.4 is 5.32 Å². The average molecular weight is 354 g/mol. The van der Waals surface area contributed by atoms with Crippen molar-refractivity contribution < 1.29 is 23.1 Å². The molecule has 0 radical (unpaired) electrons. The molecule has 24 heavy (non-hydrogen) atoms. The Kier molecular flexibility index (Phi) is 2.73. The van der Waals surface area contributed by atoms with Gasteiger partial charge in [-0.05, 0) is 31.1 Å². The van der Waals surface area contributed by atoms with Gasteiger partial charge in [0.05, 0.1) is 29.1 Å². The van der Waals surface area contributed by atoms with Crippen LogP contribution in [0.1, 0.15) is 25.7 Å². The second kappa shape index (κ2) is 4.33. The third-order valence-corrected chi connectivity index (χ3v) is 9.02. The molecule has 0 aromatic rings. The smallest absolute Gasteiger partial charge is 0.227 e. The number of amides is 2. The number of fused-ring (bicyclic) bond motifs is 1. The Morgan fingerprint density at radius 3 is 2.25 bits per heavy atom. The van der Waals surface area contributed by atoms with Crippen LogP contribution >= 0.6 is 0 Å². The van der Waals surface area contributed by atoms with E-state index in [0.29, 0.717) is 32.4 Å². The van der Waals surface area contributed by atoms with Crippen LogP contribution in [0.2, 0.25) is 0 Å². The molecule has 8 heteroatoms. The zero-order valence-electron chi connectivity index (χ0n) is 13.4. The first kappa shape index (κ1) is 15.1. The molecule has 2 saturated heterocycles. The van der Waals surface area contributed by atoms with Gasteiger partial charge in [0.2, 0.25) is 11.8 Å². The number of hydrogen-bond acceptors (Lipinski definition) is 5. The van der Waals surface area contributed by atoms with Crippen LogP contribution in [0.4, 0.5) is 0 Å². The molecule has 0 aromatic heterocycles. The van der Waals surface area contributed by atoms with Gasteiger partial charge in [-0.1, -0.05) is 0 Å². The lowest BCUT2D eigenvalue weighted by molar-refractivity contribution is -0.149. The number of likely N-dealkylation sites (tertiary alicyclic amines) is 1. The molecule has 0 aromatic carbocycles. The molecule has 132 valence electrons. The Balaban J connectivity index is 1.07. The first-order valence-corrected chi connectivity index (χ1v) is 10.5. The zero-order valence-corrected chi connectivity index (χ0v) is 14.2. The molecule has 5 rings (SSSR count). The van der Waals surface area contributed by atoms with Crippen LogP contribution in [0.25, 0.3) is 0 Å². The SMILES string of the molecule is O=C(C1CC2(C1)CS(=O)(=O)C2)N1CC(NC(=O)[C@@]23C[C@@H](O)[C@@H]2C3)C1. The van der Waals surface area contributed by atoms with Crippen molar-refractivity contribution >= 4 is 21.7 Å². The third-order valence-electron chi connectivity index (χ3n) is 6.91. The predicted molar refractivity (Wildman–Crippen MR) is 83.5 cm³/mol. The number of sulfone groups is 1. The molecule has 0 bridgehead atoms. The Labute approximate surface area is 140 Å². The number of rotatable bonds is 3. The Bertz CT molecular complexity index is 724. The molecule has 2 heterocycles. The molecule has 3 aliphatic carbocycles. The van der Waals surface area contributed by atoms with Gasteiger partial charge in [-0.3, -0.25) is 9.59 Å². The van der Waals surface area contributed by atoms with Gasteiger partial charge in [0.1, 0.15) is 0 Å². The summed E-state index contributed by atoms with van der Waals surface area (Å²) < 4.78 is 22.6. The van der Waals surface area contributed by atoms with E-state index >= 15 is 0 Å². The molecule has 5 fully saturated rings. The lowest BCUT2D eigenvalue weighted by Gasteiger charge is -2.54. The van der Waals surface area contributed by atoms with Gasteiger partial charge in [0.25, 0.3) is 0 Å². The maximum atomic E-state index is 12.4. The van der Waals surface area contributed by atoms with E-state index in [4.69, 9.17) is 0 Å². The quantitative estimate of drug-likeness (QED) is 0.670. The highest BCUT2D eigenvalue weighted by Gasteiger charge is 2.71. The number of carbonyl (C=O) groups is 2. The van der Waals surface area contributed by atoms with E-state index in [-0.39, 0.29) is 58.1 Å². The molecular weight excluding hydrogens is 332 g/mol. The summed E-state index contributed by atoms with van der Waals surface area (Å²) >= 11 is 0. The van der Waals surface area contributed by atoms with Gasteiger partial charge in [-0.25, -0.2) is 8.42 Å². The highest BCUT2D eigenvalue weighted by atomic mass is 32.2. The molecule has 0 unspecified atom stereocenters. The van der Waals surface area contributed by atoms with Crippen molar-refractivity contribution in [2.75, 3.05) is 24.6 Å². The minimum absolute atomic E-state index is 0.0212. The molecular formula is C16H22N2O5S. The van der Waals surface area contributed by atoms with Gasteiger partial charge in [0, 0.05) is 24.9 Å². The predicted octanol–water partition coefficient (Wildman–Crippen LogP) is -1.09. The van der Waals surface area contributed by atoms with Gasteiger partial charge >= 0.3 is 0 Å². The number of hydrogen-bond donors (Lipinski definition) is 2. The number of carbonyl (C=O) groups excluding carboxylic acids is 2. The first-order valence-electron chi connectivity index (χ1n) is 8.70. The summed E-state index contributed by atoms with van der Waals surface area (Å²) in [5.74, 6) is 0.759. The largest absolute Gasteiger partial charge is 0.393 e. The van der Waals surface area contributed by atoms with Gasteiger partial charge in [-0.15, -0.1) is 0 Å². The molecule has 5 aliphatic rings. The van der Waals surface area contributed by atoms with Crippen molar-refractivity contribution in [1.82, 2.24) is 10.2 Å². The fourth-order valence-electron chi connectivity index (χ4n) is 5.41. The fraction of sp³-hybridized carbons (Fsp3) is 0.875. The summed E-state index contributed by atoms with van der Waals surface area (Å²) in [6, 6.07) is 0.0212. The van der Waals surface area contributed by atoms with E-state index in [0.717, 1.165) is 6.42 Å². The summed E-state index contributed by atoms with van der Waals surface area (Å²) in [6.45, 7) is 1.10. The lowest BCUT2D eigenvalue weighted by atomic mass is 9.63. The molecule has 2 aliphatic heterocycles. The molecule has 7 nitrogen and oxygen atoms in total. The maximum Gasteiger partial charge on any atom is 0.227 e. The average Bonchev–Trinajstić information content (AvgIpc) is 3.02. The number of aliphatic hydroxyl groups is 1. The molecule has 3 atom stereocenters. The maximum absolute atomic E-state index is 12.4. The van der Waals surface area contributed by atoms with Crippen molar-refractivity contribution in [3.8, 4) is 0 Å². The van der Waals surface area contributed by atoms with E-state index in [2.05, 4.69) is 5.32 Å². The number of nitrogens with one attached hydrogen (secondary N) is 1. The highest BCUT2D eigenvalue weighted by molar-refractivity contribution is 7.92. The Morgan fingerprint density at radius 1 is 1.08 bits per heavy atom. The fourth-order valence-corrected chi connectivity index (χ4v) is 7.66. The van der Waals surface area contributed by atoms with E-state index in [9.17, 15) is 23.1 Å². The zero-order chi connectivity index (χ0) is 16.9. The topological polar surface area (TPSA) is 104 Å². The first-order chi connectivity index (χ1) is 11.2. The molecule has 2 N–H and O–H groups in total. The van der Waals surface area contributed by atoms with Crippen LogP contribution in [0, 0.1) is 22.7 Å². The van der Waals surface area contributed by atoms with Gasteiger partial charge < -0.3 is 15.3 Å². The van der Waals surface area contributed by atoms with Gasteiger partial charge in [-0.2, -0.15) is 0 Å². The minimum atomic E-state index is -2.83. The van der Waals surface area contributed by atoms with Gasteiger partial charge in [0.15, 0.2) is 9.84 Å². The second-order valence-corrected chi connectivity index (χ2v) is 10.9. The normalized spacial score (nSPS) is 41.3. The molecule has 2 amide bonds. The molecule has 3 saturated carbocycles. The van der Waals surface area contributed by atoms with E-state index in [1.807, 2.05) is 0 Å². The molecule has 1 spiro atoms. The Hall–Kier alpha value is -1.15. The van der Waals surface area contributed by atoms with E-state index in [1.165, 1.54) is 0 Å². The summed E-state index contributed by atoms with van der Waals surface area (Å²) in [5.41, 5.74) is -0.414. The van der Waals surface area contributed by atoms with Crippen LogP contribution in [0.3, 0.4) is 0 Å².